The van der Waals surface area contributed by atoms with Gasteiger partial charge in [0.25, 0.3) is 5.91 Å². The van der Waals surface area contributed by atoms with E-state index in [-0.39, 0.29) is 11.9 Å². The second-order valence-corrected chi connectivity index (χ2v) is 8.52. The largest absolute Gasteiger partial charge is 0.494 e. The third kappa shape index (κ3) is 4.73. The van der Waals surface area contributed by atoms with Crippen LogP contribution < -0.4 is 10.1 Å². The van der Waals surface area contributed by atoms with Gasteiger partial charge in [-0.1, -0.05) is 19.9 Å². The molecule has 0 aliphatic heterocycles. The first-order chi connectivity index (χ1) is 13.5. The lowest BCUT2D eigenvalue weighted by atomic mass is 9.95. The lowest BCUT2D eigenvalue weighted by Crippen LogP contribution is -2.15. The average Bonchev–Trinajstić information content (AvgIpc) is 3.05. The molecule has 6 heteroatoms. The molecule has 1 N–H and O–H groups in total. The number of amides is 1. The Balaban J connectivity index is 1.78. The highest BCUT2D eigenvalue weighted by molar-refractivity contribution is 7.17. The summed E-state index contributed by atoms with van der Waals surface area (Å²) in [6, 6.07) is 7.14. The number of methoxy groups -OCH3 is 1. The highest BCUT2D eigenvalue weighted by Gasteiger charge is 2.27. The van der Waals surface area contributed by atoms with Crippen molar-refractivity contribution in [2.75, 3.05) is 19.0 Å². The number of benzene rings is 1. The molecule has 0 fully saturated rings. The van der Waals surface area contributed by atoms with E-state index < -0.39 is 0 Å². The van der Waals surface area contributed by atoms with Crippen LogP contribution in [0.15, 0.2) is 24.3 Å². The van der Waals surface area contributed by atoms with Gasteiger partial charge < -0.3 is 14.8 Å². The van der Waals surface area contributed by atoms with Crippen LogP contribution in [0.2, 0.25) is 0 Å². The predicted molar refractivity (Wildman–Crippen MR) is 112 cm³/mol. The standard InChI is InChI=1S/C22H27NO4S/c1-14(2)11-12-27-16-8-6-7-15(13-16)20(24)23-21-19(22(25)26-3)17-9-4-5-10-18(17)28-21/h6-8,13-14H,4-5,9-12H2,1-3H3,(H,23,24). The summed E-state index contributed by atoms with van der Waals surface area (Å²) in [4.78, 5) is 26.3. The predicted octanol–water partition coefficient (Wildman–Crippen LogP) is 5.09. The molecule has 150 valence electrons. The number of hydrogen-bond acceptors (Lipinski definition) is 5. The molecular formula is C22H27NO4S. The fourth-order valence-corrected chi connectivity index (χ4v) is 4.56. The molecule has 1 aliphatic carbocycles. The van der Waals surface area contributed by atoms with Gasteiger partial charge in [0.15, 0.2) is 0 Å². The van der Waals surface area contributed by atoms with Crippen LogP contribution in [0.5, 0.6) is 5.75 Å². The molecule has 28 heavy (non-hydrogen) atoms. The van der Waals surface area contributed by atoms with Gasteiger partial charge in [0.2, 0.25) is 0 Å². The number of hydrogen-bond donors (Lipinski definition) is 1. The number of anilines is 1. The minimum absolute atomic E-state index is 0.252. The molecule has 0 atom stereocenters. The highest BCUT2D eigenvalue weighted by Crippen LogP contribution is 2.38. The summed E-state index contributed by atoms with van der Waals surface area (Å²) in [5.74, 6) is 0.596. The molecule has 0 saturated carbocycles. The van der Waals surface area contributed by atoms with Crippen molar-refractivity contribution >= 4 is 28.2 Å². The molecule has 1 heterocycles. The number of esters is 1. The van der Waals surface area contributed by atoms with E-state index in [4.69, 9.17) is 9.47 Å². The number of ether oxygens (including phenoxy) is 2. The van der Waals surface area contributed by atoms with Crippen molar-refractivity contribution in [2.45, 2.75) is 46.0 Å². The lowest BCUT2D eigenvalue weighted by Gasteiger charge is -2.12. The lowest BCUT2D eigenvalue weighted by molar-refractivity contribution is 0.0601. The molecule has 1 aromatic heterocycles. The van der Waals surface area contributed by atoms with Crippen LogP contribution in [0.3, 0.4) is 0 Å². The zero-order valence-electron chi connectivity index (χ0n) is 16.7. The average molecular weight is 402 g/mol. The fourth-order valence-electron chi connectivity index (χ4n) is 3.29. The van der Waals surface area contributed by atoms with Gasteiger partial charge >= 0.3 is 5.97 Å². The molecule has 5 nitrogen and oxygen atoms in total. The number of nitrogens with one attached hydrogen (secondary N) is 1. The summed E-state index contributed by atoms with van der Waals surface area (Å²) >= 11 is 1.49. The molecule has 0 unspecified atom stereocenters. The van der Waals surface area contributed by atoms with Crippen molar-refractivity contribution in [2.24, 2.45) is 5.92 Å². The van der Waals surface area contributed by atoms with E-state index in [2.05, 4.69) is 19.2 Å². The Bertz CT molecular complexity index is 856. The number of aryl methyl sites for hydroxylation is 1. The maximum Gasteiger partial charge on any atom is 0.341 e. The molecular weight excluding hydrogens is 374 g/mol. The number of carbonyl (C=O) groups is 2. The van der Waals surface area contributed by atoms with Crippen LogP contribution in [0.1, 0.15) is 64.3 Å². The highest BCUT2D eigenvalue weighted by atomic mass is 32.1. The molecule has 2 aromatic rings. The van der Waals surface area contributed by atoms with Crippen molar-refractivity contribution < 1.29 is 19.1 Å². The van der Waals surface area contributed by atoms with Crippen LogP contribution in [0.4, 0.5) is 5.00 Å². The SMILES string of the molecule is COC(=O)c1c(NC(=O)c2cccc(OCCC(C)C)c2)sc2c1CCCC2. The second-order valence-electron chi connectivity index (χ2n) is 7.42. The maximum atomic E-state index is 12.8. The van der Waals surface area contributed by atoms with E-state index in [9.17, 15) is 9.59 Å². The Morgan fingerprint density at radius 1 is 1.21 bits per heavy atom. The fraction of sp³-hybridized carbons (Fsp3) is 0.455. The van der Waals surface area contributed by atoms with Crippen LogP contribution in [0, 0.1) is 5.92 Å². The Hall–Kier alpha value is -2.34. The maximum absolute atomic E-state index is 12.8. The summed E-state index contributed by atoms with van der Waals surface area (Å²) in [5, 5.41) is 3.50. The second kappa shape index (κ2) is 9.24. The van der Waals surface area contributed by atoms with E-state index in [0.717, 1.165) is 37.7 Å². The summed E-state index contributed by atoms with van der Waals surface area (Å²) in [5.41, 5.74) is 2.05. The zero-order valence-corrected chi connectivity index (χ0v) is 17.5. The topological polar surface area (TPSA) is 64.6 Å². The minimum Gasteiger partial charge on any atom is -0.494 e. The summed E-state index contributed by atoms with van der Waals surface area (Å²) in [7, 11) is 1.37. The monoisotopic (exact) mass is 401 g/mol. The molecule has 1 amide bonds. The van der Waals surface area contributed by atoms with Crippen molar-refractivity contribution in [1.29, 1.82) is 0 Å². The number of fused-ring (bicyclic) bond motifs is 1. The minimum atomic E-state index is -0.388. The zero-order chi connectivity index (χ0) is 20.1. The molecule has 0 radical (unpaired) electrons. The molecule has 0 spiro atoms. The van der Waals surface area contributed by atoms with E-state index in [1.807, 2.05) is 6.07 Å². The van der Waals surface area contributed by atoms with E-state index in [1.165, 1.54) is 23.3 Å². The van der Waals surface area contributed by atoms with Crippen molar-refractivity contribution in [3.05, 3.63) is 45.8 Å². The van der Waals surface area contributed by atoms with Crippen molar-refractivity contribution in [1.82, 2.24) is 0 Å². The molecule has 1 aromatic carbocycles. The quantitative estimate of drug-likeness (QED) is 0.656. The first-order valence-electron chi connectivity index (χ1n) is 9.76. The van der Waals surface area contributed by atoms with Gasteiger partial charge in [0, 0.05) is 10.4 Å². The van der Waals surface area contributed by atoms with Gasteiger partial charge in [-0.05, 0) is 61.8 Å². The molecule has 1 aliphatic rings. The van der Waals surface area contributed by atoms with Gasteiger partial charge in [-0.25, -0.2) is 4.79 Å². The van der Waals surface area contributed by atoms with Crippen LogP contribution >= 0.6 is 11.3 Å². The van der Waals surface area contributed by atoms with Crippen LogP contribution in [-0.4, -0.2) is 25.6 Å². The number of rotatable bonds is 7. The van der Waals surface area contributed by atoms with Crippen LogP contribution in [-0.2, 0) is 17.6 Å². The van der Waals surface area contributed by atoms with Gasteiger partial charge in [0.05, 0.1) is 19.3 Å². The Labute approximate surface area is 170 Å². The number of thiophene rings is 1. The Morgan fingerprint density at radius 2 is 2.00 bits per heavy atom. The van der Waals surface area contributed by atoms with Gasteiger partial charge in [-0.2, -0.15) is 0 Å². The van der Waals surface area contributed by atoms with Gasteiger partial charge in [-0.15, -0.1) is 11.3 Å². The Kier molecular flexibility index (Phi) is 6.73. The number of carbonyl (C=O) groups excluding carboxylic acids is 2. The first kappa shape index (κ1) is 20.4. The van der Waals surface area contributed by atoms with Gasteiger partial charge in [-0.3, -0.25) is 4.79 Å². The molecule has 0 saturated heterocycles. The smallest absolute Gasteiger partial charge is 0.341 e. The van der Waals surface area contributed by atoms with E-state index in [1.54, 1.807) is 18.2 Å². The first-order valence-corrected chi connectivity index (χ1v) is 10.6. The Morgan fingerprint density at radius 3 is 2.75 bits per heavy atom. The van der Waals surface area contributed by atoms with E-state index in [0.29, 0.717) is 34.4 Å². The molecule has 0 bridgehead atoms. The van der Waals surface area contributed by atoms with E-state index >= 15 is 0 Å². The normalized spacial score (nSPS) is 13.1. The third-order valence-electron chi connectivity index (χ3n) is 4.85. The third-order valence-corrected chi connectivity index (χ3v) is 6.06. The van der Waals surface area contributed by atoms with Crippen LogP contribution in [0.25, 0.3) is 0 Å². The van der Waals surface area contributed by atoms with Crippen molar-refractivity contribution in [3.63, 3.8) is 0 Å². The van der Waals surface area contributed by atoms with Gasteiger partial charge in [0.1, 0.15) is 10.8 Å². The summed E-state index contributed by atoms with van der Waals surface area (Å²) in [6.45, 7) is 4.91. The molecule has 3 rings (SSSR count). The summed E-state index contributed by atoms with van der Waals surface area (Å²) in [6.07, 6.45) is 4.91. The summed E-state index contributed by atoms with van der Waals surface area (Å²) < 4.78 is 10.7. The van der Waals surface area contributed by atoms with Crippen molar-refractivity contribution in [3.8, 4) is 5.75 Å².